The minimum Gasteiger partial charge on any atom is -0.461 e. The summed E-state index contributed by atoms with van der Waals surface area (Å²) < 4.78 is 6.96. The van der Waals surface area contributed by atoms with Crippen LogP contribution in [-0.4, -0.2) is 23.7 Å². The maximum absolute atomic E-state index is 11.8. The number of hydrogen-bond acceptors (Lipinski definition) is 3. The van der Waals surface area contributed by atoms with E-state index >= 15 is 0 Å². The van der Waals surface area contributed by atoms with Gasteiger partial charge in [-0.15, -0.1) is 0 Å². The molecule has 0 unspecified atom stereocenters. The van der Waals surface area contributed by atoms with Crippen LogP contribution in [0.4, 0.5) is 0 Å². The molecule has 0 aliphatic heterocycles. The molecule has 4 nitrogen and oxygen atoms in total. The van der Waals surface area contributed by atoms with Crippen LogP contribution in [0.1, 0.15) is 49.2 Å². The molecule has 1 aromatic rings. The lowest BCUT2D eigenvalue weighted by atomic mass is 10.1. The van der Waals surface area contributed by atoms with Gasteiger partial charge in [-0.25, -0.2) is 4.79 Å². The first-order valence-corrected chi connectivity index (χ1v) is 6.79. The monoisotopic (exact) mass is 252 g/mol. The molecule has 4 heteroatoms. The molecule has 0 fully saturated rings. The number of unbranched alkanes of at least 4 members (excludes halogenated alkanes) is 2. The lowest BCUT2D eigenvalue weighted by Crippen LogP contribution is -2.16. The normalized spacial score (nSPS) is 10.6. The Labute approximate surface area is 109 Å². The lowest BCUT2D eigenvalue weighted by Gasteiger charge is -2.06. The van der Waals surface area contributed by atoms with Crippen LogP contribution in [0.2, 0.25) is 0 Å². The number of esters is 1. The van der Waals surface area contributed by atoms with E-state index in [1.807, 2.05) is 23.8 Å². The lowest BCUT2D eigenvalue weighted by molar-refractivity contribution is 0.0514. The van der Waals surface area contributed by atoms with Gasteiger partial charge in [-0.05, 0) is 31.4 Å². The largest absolute Gasteiger partial charge is 0.461 e. The van der Waals surface area contributed by atoms with Gasteiger partial charge in [-0.1, -0.05) is 19.8 Å². The van der Waals surface area contributed by atoms with Crippen LogP contribution in [0.25, 0.3) is 0 Å². The molecule has 102 valence electrons. The number of rotatable bonds is 8. The Morgan fingerprint density at radius 2 is 2.17 bits per heavy atom. The van der Waals surface area contributed by atoms with Crippen LogP contribution in [0, 0.1) is 0 Å². The van der Waals surface area contributed by atoms with E-state index in [9.17, 15) is 4.79 Å². The summed E-state index contributed by atoms with van der Waals surface area (Å²) in [6.45, 7) is 5.58. The molecule has 0 radical (unpaired) electrons. The smallest absolute Gasteiger partial charge is 0.354 e. The summed E-state index contributed by atoms with van der Waals surface area (Å²) in [7, 11) is 0. The summed E-state index contributed by atoms with van der Waals surface area (Å²) in [6, 6.07) is 1.93. The Kier molecular flexibility index (Phi) is 6.50. The first kappa shape index (κ1) is 14.8. The van der Waals surface area contributed by atoms with Gasteiger partial charge in [-0.3, -0.25) is 0 Å². The van der Waals surface area contributed by atoms with Gasteiger partial charge in [-0.2, -0.15) is 0 Å². The summed E-state index contributed by atoms with van der Waals surface area (Å²) in [5.41, 5.74) is 7.38. The fourth-order valence-corrected chi connectivity index (χ4v) is 1.99. The van der Waals surface area contributed by atoms with Crippen molar-refractivity contribution in [3.05, 3.63) is 23.5 Å². The number of nitrogens with zero attached hydrogens (tertiary/aromatic N) is 1. The van der Waals surface area contributed by atoms with Crippen LogP contribution < -0.4 is 5.73 Å². The summed E-state index contributed by atoms with van der Waals surface area (Å²) in [5.74, 6) is -0.257. The van der Waals surface area contributed by atoms with Crippen molar-refractivity contribution < 1.29 is 9.53 Å². The molecular formula is C14H24N2O2. The Morgan fingerprint density at radius 3 is 2.78 bits per heavy atom. The fourth-order valence-electron chi connectivity index (χ4n) is 1.99. The van der Waals surface area contributed by atoms with Gasteiger partial charge >= 0.3 is 5.97 Å². The number of carbonyl (C=O) groups excluding carboxylic acids is 1. The SMILES string of the molecule is CCCCCc1cc(C(=O)OCC)n(CCN)c1. The average molecular weight is 252 g/mol. The minimum atomic E-state index is -0.257. The maximum Gasteiger partial charge on any atom is 0.354 e. The number of nitrogens with two attached hydrogens (primary N) is 1. The van der Waals surface area contributed by atoms with Gasteiger partial charge in [0.2, 0.25) is 0 Å². The standard InChI is InChI=1S/C14H24N2O2/c1-3-5-6-7-12-10-13(14(17)18-4-2)16(11-12)9-8-15/h10-11H,3-9,15H2,1-2H3. The van der Waals surface area contributed by atoms with E-state index in [0.29, 0.717) is 25.4 Å². The Balaban J connectivity index is 2.76. The Morgan fingerprint density at radius 1 is 1.39 bits per heavy atom. The second-order valence-corrected chi connectivity index (χ2v) is 4.39. The fraction of sp³-hybridized carbons (Fsp3) is 0.643. The third-order valence-electron chi connectivity index (χ3n) is 2.88. The number of aryl methyl sites for hydroxylation is 1. The summed E-state index contributed by atoms with van der Waals surface area (Å²) in [6.07, 6.45) is 6.61. The molecule has 0 saturated heterocycles. The van der Waals surface area contributed by atoms with E-state index in [0.717, 1.165) is 12.8 Å². The maximum atomic E-state index is 11.8. The minimum absolute atomic E-state index is 0.257. The van der Waals surface area contributed by atoms with E-state index in [-0.39, 0.29) is 5.97 Å². The topological polar surface area (TPSA) is 57.2 Å². The van der Waals surface area contributed by atoms with Crippen molar-refractivity contribution in [2.75, 3.05) is 13.2 Å². The number of aromatic nitrogens is 1. The molecule has 18 heavy (non-hydrogen) atoms. The van der Waals surface area contributed by atoms with Crippen molar-refractivity contribution >= 4 is 5.97 Å². The van der Waals surface area contributed by atoms with Crippen molar-refractivity contribution in [3.8, 4) is 0 Å². The summed E-state index contributed by atoms with van der Waals surface area (Å²) in [4.78, 5) is 11.8. The summed E-state index contributed by atoms with van der Waals surface area (Å²) in [5, 5.41) is 0. The summed E-state index contributed by atoms with van der Waals surface area (Å²) >= 11 is 0. The van der Waals surface area contributed by atoms with E-state index in [4.69, 9.17) is 10.5 Å². The second kappa shape index (κ2) is 7.93. The molecule has 0 saturated carbocycles. The molecule has 2 N–H and O–H groups in total. The molecule has 0 bridgehead atoms. The van der Waals surface area contributed by atoms with Crippen LogP contribution in [-0.2, 0) is 17.7 Å². The van der Waals surface area contributed by atoms with E-state index in [2.05, 4.69) is 6.92 Å². The van der Waals surface area contributed by atoms with Crippen molar-refractivity contribution in [1.82, 2.24) is 4.57 Å². The van der Waals surface area contributed by atoms with Crippen molar-refractivity contribution in [3.63, 3.8) is 0 Å². The van der Waals surface area contributed by atoms with Gasteiger partial charge in [0, 0.05) is 19.3 Å². The zero-order chi connectivity index (χ0) is 13.4. The zero-order valence-corrected chi connectivity index (χ0v) is 11.4. The van der Waals surface area contributed by atoms with E-state index in [1.165, 1.54) is 18.4 Å². The Hall–Kier alpha value is -1.29. The molecule has 0 aromatic carbocycles. The quantitative estimate of drug-likeness (QED) is 0.571. The zero-order valence-electron chi connectivity index (χ0n) is 11.4. The molecule has 0 aliphatic carbocycles. The molecule has 1 heterocycles. The number of hydrogen-bond donors (Lipinski definition) is 1. The molecule has 0 amide bonds. The third-order valence-corrected chi connectivity index (χ3v) is 2.88. The highest BCUT2D eigenvalue weighted by atomic mass is 16.5. The van der Waals surface area contributed by atoms with Crippen molar-refractivity contribution in [1.29, 1.82) is 0 Å². The average Bonchev–Trinajstić information content (AvgIpc) is 2.74. The number of ether oxygens (including phenoxy) is 1. The highest BCUT2D eigenvalue weighted by molar-refractivity contribution is 5.88. The number of carbonyl (C=O) groups is 1. The van der Waals surface area contributed by atoms with Gasteiger partial charge in [0.15, 0.2) is 0 Å². The van der Waals surface area contributed by atoms with Gasteiger partial charge in [0.25, 0.3) is 0 Å². The van der Waals surface area contributed by atoms with E-state index < -0.39 is 0 Å². The molecule has 1 aromatic heterocycles. The molecule has 0 aliphatic rings. The Bertz CT molecular complexity index is 372. The van der Waals surface area contributed by atoms with Crippen LogP contribution in [0.5, 0.6) is 0 Å². The van der Waals surface area contributed by atoms with Gasteiger partial charge < -0.3 is 15.0 Å². The van der Waals surface area contributed by atoms with Crippen LogP contribution >= 0.6 is 0 Å². The van der Waals surface area contributed by atoms with Gasteiger partial charge in [0.05, 0.1) is 6.61 Å². The highest BCUT2D eigenvalue weighted by Gasteiger charge is 2.14. The van der Waals surface area contributed by atoms with Crippen molar-refractivity contribution in [2.45, 2.75) is 46.1 Å². The molecule has 0 atom stereocenters. The third kappa shape index (κ3) is 4.18. The molecular weight excluding hydrogens is 228 g/mol. The molecule has 0 spiro atoms. The second-order valence-electron chi connectivity index (χ2n) is 4.39. The first-order valence-electron chi connectivity index (χ1n) is 6.79. The van der Waals surface area contributed by atoms with Crippen LogP contribution in [0.15, 0.2) is 12.3 Å². The van der Waals surface area contributed by atoms with Crippen molar-refractivity contribution in [2.24, 2.45) is 5.73 Å². The molecule has 1 rings (SSSR count). The highest BCUT2D eigenvalue weighted by Crippen LogP contribution is 2.13. The predicted molar refractivity (Wildman–Crippen MR) is 72.7 cm³/mol. The van der Waals surface area contributed by atoms with E-state index in [1.54, 1.807) is 0 Å². The van der Waals surface area contributed by atoms with Crippen LogP contribution in [0.3, 0.4) is 0 Å². The first-order chi connectivity index (χ1) is 8.72. The van der Waals surface area contributed by atoms with Gasteiger partial charge in [0.1, 0.15) is 5.69 Å². The predicted octanol–water partition coefficient (Wildman–Crippen LogP) is 2.36.